The molecule has 1 fully saturated rings. The quantitative estimate of drug-likeness (QED) is 0.875. The van der Waals surface area contributed by atoms with Gasteiger partial charge in [0.25, 0.3) is 0 Å². The van der Waals surface area contributed by atoms with Gasteiger partial charge in [-0.25, -0.2) is 4.79 Å². The molecule has 0 aliphatic carbocycles. The van der Waals surface area contributed by atoms with Crippen molar-refractivity contribution in [2.24, 2.45) is 5.92 Å². The summed E-state index contributed by atoms with van der Waals surface area (Å²) in [7, 11) is 1.55. The first-order chi connectivity index (χ1) is 10.9. The zero-order valence-electron chi connectivity index (χ0n) is 13.9. The van der Waals surface area contributed by atoms with Crippen LogP contribution in [0.25, 0.3) is 0 Å². The van der Waals surface area contributed by atoms with Crippen LogP contribution in [0.1, 0.15) is 38.2 Å². The van der Waals surface area contributed by atoms with Crippen LogP contribution >= 0.6 is 0 Å². The number of aliphatic carboxylic acids is 1. The molecule has 0 aromatic heterocycles. The highest BCUT2D eigenvalue weighted by Crippen LogP contribution is 2.30. The number of methoxy groups -OCH3 is 1. The van der Waals surface area contributed by atoms with Crippen molar-refractivity contribution in [2.45, 2.75) is 44.8 Å². The fourth-order valence-corrected chi connectivity index (χ4v) is 3.22. The molecule has 1 N–H and O–H groups in total. The van der Waals surface area contributed by atoms with E-state index >= 15 is 0 Å². The lowest BCUT2D eigenvalue weighted by Crippen LogP contribution is -2.41. The SMILES string of the molecule is COC1CC(C(=O)O)N(C(=O)CC(c2ccccc2)C(C)C)C1. The van der Waals surface area contributed by atoms with E-state index in [4.69, 9.17) is 4.74 Å². The van der Waals surface area contributed by atoms with Crippen molar-refractivity contribution in [2.75, 3.05) is 13.7 Å². The fraction of sp³-hybridized carbons (Fsp3) is 0.556. The van der Waals surface area contributed by atoms with Gasteiger partial charge in [0.1, 0.15) is 6.04 Å². The predicted octanol–water partition coefficient (Wildman–Crippen LogP) is 2.52. The number of carboxylic acid groups (broad SMARTS) is 1. The maximum atomic E-state index is 12.7. The largest absolute Gasteiger partial charge is 0.480 e. The first-order valence-corrected chi connectivity index (χ1v) is 8.04. The normalized spacial score (nSPS) is 22.3. The number of hydrogen-bond acceptors (Lipinski definition) is 3. The summed E-state index contributed by atoms with van der Waals surface area (Å²) >= 11 is 0. The van der Waals surface area contributed by atoms with Crippen molar-refractivity contribution < 1.29 is 19.4 Å². The van der Waals surface area contributed by atoms with Crippen molar-refractivity contribution in [1.82, 2.24) is 4.90 Å². The molecule has 0 bridgehead atoms. The molecule has 1 aromatic rings. The van der Waals surface area contributed by atoms with E-state index in [1.807, 2.05) is 30.3 Å². The Morgan fingerprint density at radius 1 is 1.30 bits per heavy atom. The summed E-state index contributed by atoms with van der Waals surface area (Å²) in [6, 6.07) is 9.14. The van der Waals surface area contributed by atoms with Crippen LogP contribution in [0.15, 0.2) is 30.3 Å². The van der Waals surface area contributed by atoms with E-state index in [1.165, 1.54) is 4.90 Å². The number of rotatable bonds is 6. The lowest BCUT2D eigenvalue weighted by Gasteiger charge is -2.26. The molecule has 5 heteroatoms. The van der Waals surface area contributed by atoms with E-state index in [2.05, 4.69) is 13.8 Å². The highest BCUT2D eigenvalue weighted by atomic mass is 16.5. The van der Waals surface area contributed by atoms with Gasteiger partial charge in [-0.3, -0.25) is 4.79 Å². The smallest absolute Gasteiger partial charge is 0.326 e. The van der Waals surface area contributed by atoms with Crippen LogP contribution < -0.4 is 0 Å². The van der Waals surface area contributed by atoms with Gasteiger partial charge < -0.3 is 14.7 Å². The van der Waals surface area contributed by atoms with E-state index in [0.29, 0.717) is 25.3 Å². The number of hydrogen-bond donors (Lipinski definition) is 1. The Balaban J connectivity index is 2.13. The second kappa shape index (κ2) is 7.59. The van der Waals surface area contributed by atoms with Crippen LogP contribution in [0.2, 0.25) is 0 Å². The van der Waals surface area contributed by atoms with E-state index in [0.717, 1.165) is 5.56 Å². The first-order valence-electron chi connectivity index (χ1n) is 8.04. The van der Waals surface area contributed by atoms with Crippen molar-refractivity contribution in [3.05, 3.63) is 35.9 Å². The van der Waals surface area contributed by atoms with Gasteiger partial charge in [-0.1, -0.05) is 44.2 Å². The van der Waals surface area contributed by atoms with E-state index < -0.39 is 12.0 Å². The number of benzene rings is 1. The van der Waals surface area contributed by atoms with Gasteiger partial charge in [0.05, 0.1) is 6.10 Å². The molecule has 0 saturated carbocycles. The summed E-state index contributed by atoms with van der Waals surface area (Å²) in [4.78, 5) is 25.6. The molecule has 2 rings (SSSR count). The Kier molecular flexibility index (Phi) is 5.77. The zero-order valence-corrected chi connectivity index (χ0v) is 13.9. The van der Waals surface area contributed by atoms with Crippen LogP contribution in [0.5, 0.6) is 0 Å². The molecule has 1 aliphatic heterocycles. The maximum Gasteiger partial charge on any atom is 0.326 e. The average molecular weight is 319 g/mol. The molecule has 0 spiro atoms. The minimum atomic E-state index is -0.960. The van der Waals surface area contributed by atoms with E-state index in [1.54, 1.807) is 7.11 Å². The van der Waals surface area contributed by atoms with Crippen LogP contribution in [0, 0.1) is 5.92 Å². The average Bonchev–Trinajstić information content (AvgIpc) is 2.97. The topological polar surface area (TPSA) is 66.8 Å². The molecule has 23 heavy (non-hydrogen) atoms. The molecule has 3 atom stereocenters. The van der Waals surface area contributed by atoms with Crippen LogP contribution in [0.4, 0.5) is 0 Å². The molecule has 0 radical (unpaired) electrons. The van der Waals surface area contributed by atoms with Gasteiger partial charge in [0, 0.05) is 26.5 Å². The zero-order chi connectivity index (χ0) is 17.0. The van der Waals surface area contributed by atoms with Gasteiger partial charge in [-0.05, 0) is 17.4 Å². The Hall–Kier alpha value is -1.88. The Morgan fingerprint density at radius 3 is 2.48 bits per heavy atom. The molecular weight excluding hydrogens is 294 g/mol. The summed E-state index contributed by atoms with van der Waals surface area (Å²) in [6.45, 7) is 4.52. The third kappa shape index (κ3) is 4.10. The number of amides is 1. The predicted molar refractivity (Wildman–Crippen MR) is 87.2 cm³/mol. The minimum absolute atomic E-state index is 0.0831. The number of nitrogens with zero attached hydrogens (tertiary/aromatic N) is 1. The van der Waals surface area contributed by atoms with Crippen LogP contribution in [0.3, 0.4) is 0 Å². The summed E-state index contributed by atoms with van der Waals surface area (Å²) < 4.78 is 5.25. The monoisotopic (exact) mass is 319 g/mol. The number of likely N-dealkylation sites (tertiary alicyclic amines) is 1. The highest BCUT2D eigenvalue weighted by molar-refractivity contribution is 5.85. The Bertz CT molecular complexity index is 543. The Labute approximate surface area is 137 Å². The Morgan fingerprint density at radius 2 is 1.96 bits per heavy atom. The van der Waals surface area contributed by atoms with Crippen molar-refractivity contribution >= 4 is 11.9 Å². The summed E-state index contributed by atoms with van der Waals surface area (Å²) in [6.07, 6.45) is 0.478. The van der Waals surface area contributed by atoms with Crippen molar-refractivity contribution in [3.8, 4) is 0 Å². The summed E-state index contributed by atoms with van der Waals surface area (Å²) in [5.74, 6) is -0.691. The third-order valence-electron chi connectivity index (χ3n) is 4.63. The van der Waals surface area contributed by atoms with Crippen molar-refractivity contribution in [1.29, 1.82) is 0 Å². The lowest BCUT2D eigenvalue weighted by molar-refractivity contribution is -0.148. The van der Waals surface area contributed by atoms with Gasteiger partial charge in [0.15, 0.2) is 0 Å². The standard InChI is InChI=1S/C18H25NO4/c1-12(2)15(13-7-5-4-6-8-13)10-17(20)19-11-14(23-3)9-16(19)18(21)22/h4-8,12,14-16H,9-11H2,1-3H3,(H,21,22). The molecular formula is C18H25NO4. The van der Waals surface area contributed by atoms with Gasteiger partial charge in [0.2, 0.25) is 5.91 Å². The number of carboxylic acids is 1. The van der Waals surface area contributed by atoms with Crippen LogP contribution in [-0.4, -0.2) is 47.7 Å². The van der Waals surface area contributed by atoms with Gasteiger partial charge in [-0.2, -0.15) is 0 Å². The molecule has 1 aliphatic rings. The second-order valence-corrected chi connectivity index (χ2v) is 6.46. The third-order valence-corrected chi connectivity index (χ3v) is 4.63. The molecule has 3 unspecified atom stereocenters. The summed E-state index contributed by atoms with van der Waals surface area (Å²) in [5.41, 5.74) is 1.12. The first kappa shape index (κ1) is 17.5. The molecule has 1 amide bonds. The van der Waals surface area contributed by atoms with Gasteiger partial charge in [-0.15, -0.1) is 0 Å². The van der Waals surface area contributed by atoms with Gasteiger partial charge >= 0.3 is 5.97 Å². The van der Waals surface area contributed by atoms with Crippen LogP contribution in [-0.2, 0) is 14.3 Å². The summed E-state index contributed by atoms with van der Waals surface area (Å²) in [5, 5.41) is 9.36. The fourth-order valence-electron chi connectivity index (χ4n) is 3.22. The van der Waals surface area contributed by atoms with Crippen molar-refractivity contribution in [3.63, 3.8) is 0 Å². The highest BCUT2D eigenvalue weighted by Gasteiger charge is 2.40. The van der Waals surface area contributed by atoms with E-state index in [-0.39, 0.29) is 17.9 Å². The number of carbonyl (C=O) groups excluding carboxylic acids is 1. The molecule has 126 valence electrons. The molecule has 1 heterocycles. The molecule has 5 nitrogen and oxygen atoms in total. The number of ether oxygens (including phenoxy) is 1. The van der Waals surface area contributed by atoms with E-state index in [9.17, 15) is 14.7 Å². The maximum absolute atomic E-state index is 12.7. The second-order valence-electron chi connectivity index (χ2n) is 6.46. The minimum Gasteiger partial charge on any atom is -0.480 e. The number of carbonyl (C=O) groups is 2. The lowest BCUT2D eigenvalue weighted by atomic mass is 9.85. The molecule has 1 saturated heterocycles. The molecule has 1 aromatic carbocycles.